The summed E-state index contributed by atoms with van der Waals surface area (Å²) >= 11 is 0. The van der Waals surface area contributed by atoms with E-state index >= 15 is 0 Å². The van der Waals surface area contributed by atoms with Crippen LogP contribution in [0.5, 0.6) is 11.5 Å². The molecule has 1 saturated heterocycles. The van der Waals surface area contributed by atoms with E-state index < -0.39 is 0 Å². The van der Waals surface area contributed by atoms with Crippen LogP contribution < -0.4 is 20.1 Å². The van der Waals surface area contributed by atoms with Crippen LogP contribution in [0.4, 0.5) is 0 Å². The van der Waals surface area contributed by atoms with Crippen molar-refractivity contribution in [3.05, 3.63) is 23.8 Å². The lowest BCUT2D eigenvalue weighted by atomic mass is 9.94. The largest absolute Gasteiger partial charge is 0.490 e. The van der Waals surface area contributed by atoms with E-state index in [-0.39, 0.29) is 0 Å². The van der Waals surface area contributed by atoms with E-state index in [4.69, 9.17) is 14.2 Å². The van der Waals surface area contributed by atoms with Gasteiger partial charge in [0.05, 0.1) is 26.4 Å². The highest BCUT2D eigenvalue weighted by Gasteiger charge is 2.34. The average Bonchev–Trinajstić information content (AvgIpc) is 2.98. The lowest BCUT2D eigenvalue weighted by Crippen LogP contribution is -2.50. The Hall–Kier alpha value is -1.30. The fraction of sp³-hybridized carbons (Fsp3) is 0.684. The zero-order chi connectivity index (χ0) is 16.2. The molecule has 4 rings (SSSR count). The van der Waals surface area contributed by atoms with Crippen molar-refractivity contribution >= 4 is 0 Å². The second-order valence-electron chi connectivity index (χ2n) is 7.05. The SMILES string of the molecule is c1cc2c(cc1CNC1CCCC1C1COCCN1)OCCCO2. The molecule has 5 heteroatoms. The van der Waals surface area contributed by atoms with Gasteiger partial charge in [-0.15, -0.1) is 0 Å². The van der Waals surface area contributed by atoms with E-state index in [1.54, 1.807) is 0 Å². The van der Waals surface area contributed by atoms with Crippen molar-refractivity contribution in [3.8, 4) is 11.5 Å². The highest BCUT2D eigenvalue weighted by atomic mass is 16.5. The van der Waals surface area contributed by atoms with Gasteiger partial charge in [-0.2, -0.15) is 0 Å². The first kappa shape index (κ1) is 16.2. The van der Waals surface area contributed by atoms with Gasteiger partial charge in [-0.25, -0.2) is 0 Å². The minimum atomic E-state index is 0.502. The fourth-order valence-electron chi connectivity index (χ4n) is 4.15. The third-order valence-corrected chi connectivity index (χ3v) is 5.42. The Morgan fingerprint density at radius 1 is 1.04 bits per heavy atom. The molecule has 3 aliphatic rings. The number of ether oxygens (including phenoxy) is 3. The van der Waals surface area contributed by atoms with E-state index in [0.29, 0.717) is 18.0 Å². The van der Waals surface area contributed by atoms with Crippen molar-refractivity contribution in [1.29, 1.82) is 0 Å². The van der Waals surface area contributed by atoms with E-state index in [2.05, 4.69) is 22.8 Å². The fourth-order valence-corrected chi connectivity index (χ4v) is 4.15. The maximum absolute atomic E-state index is 5.80. The molecule has 2 heterocycles. The van der Waals surface area contributed by atoms with Crippen LogP contribution in [-0.2, 0) is 11.3 Å². The molecular weight excluding hydrogens is 304 g/mol. The first-order valence-electron chi connectivity index (χ1n) is 9.33. The topological polar surface area (TPSA) is 51.8 Å². The summed E-state index contributed by atoms with van der Waals surface area (Å²) in [5.41, 5.74) is 1.26. The van der Waals surface area contributed by atoms with Crippen LogP contribution in [0.1, 0.15) is 31.2 Å². The zero-order valence-electron chi connectivity index (χ0n) is 14.3. The second-order valence-corrected chi connectivity index (χ2v) is 7.05. The number of fused-ring (bicyclic) bond motifs is 1. The third-order valence-electron chi connectivity index (χ3n) is 5.42. The molecule has 3 unspecified atom stereocenters. The summed E-state index contributed by atoms with van der Waals surface area (Å²) < 4.78 is 17.2. The Bertz CT molecular complexity index is 545. The zero-order valence-corrected chi connectivity index (χ0v) is 14.3. The Kier molecular flexibility index (Phi) is 5.21. The van der Waals surface area contributed by atoms with Crippen LogP contribution >= 0.6 is 0 Å². The molecule has 3 atom stereocenters. The van der Waals surface area contributed by atoms with Gasteiger partial charge in [0.1, 0.15) is 0 Å². The highest BCUT2D eigenvalue weighted by molar-refractivity contribution is 5.43. The van der Waals surface area contributed by atoms with Gasteiger partial charge in [-0.05, 0) is 36.5 Å². The predicted octanol–water partition coefficient (Wildman–Crippen LogP) is 2.09. The molecule has 1 saturated carbocycles. The van der Waals surface area contributed by atoms with E-state index in [9.17, 15) is 0 Å². The maximum atomic E-state index is 5.80. The molecule has 132 valence electrons. The first-order chi connectivity index (χ1) is 11.9. The summed E-state index contributed by atoms with van der Waals surface area (Å²) in [5.74, 6) is 2.43. The van der Waals surface area contributed by atoms with Crippen LogP contribution in [0.2, 0.25) is 0 Å². The molecule has 24 heavy (non-hydrogen) atoms. The van der Waals surface area contributed by atoms with Gasteiger partial charge in [-0.1, -0.05) is 12.5 Å². The monoisotopic (exact) mass is 332 g/mol. The standard InChI is InChI=1S/C19H28N2O3/c1-3-15(17-13-22-10-7-20-17)16(4-1)21-12-14-5-6-18-19(11-14)24-9-2-8-23-18/h5-6,11,15-17,20-21H,1-4,7-10,12-13H2. The van der Waals surface area contributed by atoms with Crippen LogP contribution in [0.15, 0.2) is 18.2 Å². The van der Waals surface area contributed by atoms with Gasteiger partial charge in [-0.3, -0.25) is 0 Å². The number of morpholine rings is 1. The van der Waals surface area contributed by atoms with Crippen LogP contribution in [-0.4, -0.2) is 45.1 Å². The number of benzene rings is 1. The molecule has 2 N–H and O–H groups in total. The van der Waals surface area contributed by atoms with Gasteiger partial charge in [0.25, 0.3) is 0 Å². The predicted molar refractivity (Wildman–Crippen MR) is 92.6 cm³/mol. The summed E-state index contributed by atoms with van der Waals surface area (Å²) in [6, 6.07) is 7.38. The Labute approximate surface area is 144 Å². The minimum absolute atomic E-state index is 0.502. The van der Waals surface area contributed by atoms with Crippen LogP contribution in [0, 0.1) is 5.92 Å². The number of hydrogen-bond acceptors (Lipinski definition) is 5. The molecule has 2 fully saturated rings. The average molecular weight is 332 g/mol. The van der Waals surface area contributed by atoms with Gasteiger partial charge in [0.15, 0.2) is 11.5 Å². The Morgan fingerprint density at radius 3 is 2.83 bits per heavy atom. The lowest BCUT2D eigenvalue weighted by molar-refractivity contribution is 0.0524. The van der Waals surface area contributed by atoms with Crippen molar-refractivity contribution in [2.45, 2.75) is 44.3 Å². The van der Waals surface area contributed by atoms with Crippen molar-refractivity contribution in [2.24, 2.45) is 5.92 Å². The lowest BCUT2D eigenvalue weighted by Gasteiger charge is -2.33. The van der Waals surface area contributed by atoms with E-state index in [1.807, 2.05) is 6.07 Å². The molecule has 1 aliphatic carbocycles. The smallest absolute Gasteiger partial charge is 0.161 e. The summed E-state index contributed by atoms with van der Waals surface area (Å²) in [6.07, 6.45) is 4.80. The van der Waals surface area contributed by atoms with Gasteiger partial charge in [0, 0.05) is 31.6 Å². The Balaban J connectivity index is 1.36. The molecular formula is C19H28N2O3. The quantitative estimate of drug-likeness (QED) is 0.884. The van der Waals surface area contributed by atoms with Gasteiger partial charge < -0.3 is 24.8 Å². The minimum Gasteiger partial charge on any atom is -0.490 e. The van der Waals surface area contributed by atoms with Crippen molar-refractivity contribution in [3.63, 3.8) is 0 Å². The summed E-state index contributed by atoms with van der Waals surface area (Å²) in [5, 5.41) is 7.41. The van der Waals surface area contributed by atoms with Gasteiger partial charge in [0.2, 0.25) is 0 Å². The van der Waals surface area contributed by atoms with Crippen molar-refractivity contribution in [1.82, 2.24) is 10.6 Å². The molecule has 1 aromatic carbocycles. The molecule has 2 aliphatic heterocycles. The first-order valence-corrected chi connectivity index (χ1v) is 9.33. The normalized spacial score (nSPS) is 30.1. The molecule has 0 radical (unpaired) electrons. The highest BCUT2D eigenvalue weighted by Crippen LogP contribution is 2.32. The number of hydrogen-bond donors (Lipinski definition) is 2. The summed E-state index contributed by atoms with van der Waals surface area (Å²) in [6.45, 7) is 5.04. The molecule has 5 nitrogen and oxygen atoms in total. The molecule has 1 aromatic rings. The van der Waals surface area contributed by atoms with Crippen LogP contribution in [0.25, 0.3) is 0 Å². The summed E-state index contributed by atoms with van der Waals surface area (Å²) in [4.78, 5) is 0. The van der Waals surface area contributed by atoms with E-state index in [0.717, 1.165) is 57.4 Å². The second kappa shape index (κ2) is 7.72. The molecule has 0 spiro atoms. The van der Waals surface area contributed by atoms with Crippen molar-refractivity contribution < 1.29 is 14.2 Å². The van der Waals surface area contributed by atoms with Gasteiger partial charge >= 0.3 is 0 Å². The molecule has 0 bridgehead atoms. The number of nitrogens with one attached hydrogen (secondary N) is 2. The third kappa shape index (κ3) is 3.68. The maximum Gasteiger partial charge on any atom is 0.161 e. The molecule has 0 amide bonds. The van der Waals surface area contributed by atoms with Crippen LogP contribution in [0.3, 0.4) is 0 Å². The van der Waals surface area contributed by atoms with Crippen molar-refractivity contribution in [2.75, 3.05) is 33.0 Å². The summed E-state index contributed by atoms with van der Waals surface area (Å²) in [7, 11) is 0. The van der Waals surface area contributed by atoms with E-state index in [1.165, 1.54) is 24.8 Å². The Morgan fingerprint density at radius 2 is 1.96 bits per heavy atom. The molecule has 0 aromatic heterocycles. The number of rotatable bonds is 4.